The largest absolute Gasteiger partial charge is 0.378 e. The van der Waals surface area contributed by atoms with Gasteiger partial charge < -0.3 is 15.4 Å². The minimum atomic E-state index is 0.529. The van der Waals surface area contributed by atoms with Crippen molar-refractivity contribution in [3.8, 4) is 0 Å². The second-order valence-electron chi connectivity index (χ2n) is 4.77. The highest BCUT2D eigenvalue weighted by Gasteiger charge is 2.13. The molecule has 0 aromatic heterocycles. The fourth-order valence-electron chi connectivity index (χ4n) is 1.83. The van der Waals surface area contributed by atoms with E-state index in [2.05, 4.69) is 24.5 Å². The normalized spacial score (nSPS) is 21.4. The van der Waals surface area contributed by atoms with Gasteiger partial charge in [0.15, 0.2) is 0 Å². The molecule has 0 radical (unpaired) electrons. The summed E-state index contributed by atoms with van der Waals surface area (Å²) in [6.45, 7) is 9.79. The maximum absolute atomic E-state index is 5.56. The van der Waals surface area contributed by atoms with Crippen LogP contribution in [0.2, 0.25) is 0 Å². The van der Waals surface area contributed by atoms with E-state index in [1.807, 2.05) is 0 Å². The van der Waals surface area contributed by atoms with Crippen molar-refractivity contribution in [2.24, 2.45) is 5.92 Å². The minimum Gasteiger partial charge on any atom is -0.378 e. The zero-order valence-electron chi connectivity index (χ0n) is 10.2. The molecule has 1 atom stereocenters. The monoisotopic (exact) mass is 214 g/mol. The Hall–Kier alpha value is -0.120. The van der Waals surface area contributed by atoms with Gasteiger partial charge in [-0.2, -0.15) is 0 Å². The van der Waals surface area contributed by atoms with Crippen LogP contribution in [-0.4, -0.2) is 38.9 Å². The smallest absolute Gasteiger partial charge is 0.0588 e. The van der Waals surface area contributed by atoms with Crippen LogP contribution in [0, 0.1) is 5.92 Å². The third-order valence-corrected chi connectivity index (χ3v) is 2.70. The molecule has 2 N–H and O–H groups in total. The zero-order chi connectivity index (χ0) is 10.9. The van der Waals surface area contributed by atoms with Crippen molar-refractivity contribution in [2.45, 2.75) is 39.2 Å². The van der Waals surface area contributed by atoms with Gasteiger partial charge in [0.1, 0.15) is 0 Å². The van der Waals surface area contributed by atoms with E-state index in [1.165, 1.54) is 19.3 Å². The van der Waals surface area contributed by atoms with E-state index in [1.54, 1.807) is 0 Å². The summed E-state index contributed by atoms with van der Waals surface area (Å²) in [6.07, 6.45) is 4.21. The lowest BCUT2D eigenvalue weighted by molar-refractivity contribution is 0.104. The van der Waals surface area contributed by atoms with Gasteiger partial charge in [0.25, 0.3) is 0 Å². The van der Waals surface area contributed by atoms with E-state index < -0.39 is 0 Å². The average molecular weight is 214 g/mol. The molecule has 15 heavy (non-hydrogen) atoms. The Kier molecular flexibility index (Phi) is 6.98. The molecule has 90 valence electrons. The zero-order valence-corrected chi connectivity index (χ0v) is 10.2. The lowest BCUT2D eigenvalue weighted by Crippen LogP contribution is -2.31. The second kappa shape index (κ2) is 8.08. The minimum absolute atomic E-state index is 0.529. The molecule has 0 aromatic rings. The predicted molar refractivity (Wildman–Crippen MR) is 64.2 cm³/mol. The molecule has 0 saturated carbocycles. The molecule has 1 unspecified atom stereocenters. The number of nitrogens with one attached hydrogen (secondary N) is 2. The Morgan fingerprint density at radius 3 is 2.67 bits per heavy atom. The standard InChI is InChI=1S/C12H26N2O/c1-11(2)10-14-8-7-13-6-5-12-4-3-9-15-12/h11-14H,3-10H2,1-2H3. The maximum atomic E-state index is 5.56. The molecule has 1 fully saturated rings. The highest BCUT2D eigenvalue weighted by atomic mass is 16.5. The number of rotatable bonds is 8. The van der Waals surface area contributed by atoms with Crippen molar-refractivity contribution in [3.05, 3.63) is 0 Å². The Labute approximate surface area is 94.0 Å². The van der Waals surface area contributed by atoms with Crippen LogP contribution in [-0.2, 0) is 4.74 Å². The van der Waals surface area contributed by atoms with E-state index in [0.717, 1.165) is 38.7 Å². The van der Waals surface area contributed by atoms with Crippen LogP contribution in [0.4, 0.5) is 0 Å². The second-order valence-corrected chi connectivity index (χ2v) is 4.77. The Bertz CT molecular complexity index is 145. The van der Waals surface area contributed by atoms with Gasteiger partial charge in [-0.1, -0.05) is 13.8 Å². The molecule has 0 aliphatic carbocycles. The average Bonchev–Trinajstić information content (AvgIpc) is 2.68. The summed E-state index contributed by atoms with van der Waals surface area (Å²) in [5, 5.41) is 6.86. The van der Waals surface area contributed by atoms with Crippen molar-refractivity contribution in [1.82, 2.24) is 10.6 Å². The highest BCUT2D eigenvalue weighted by Crippen LogP contribution is 2.14. The molecule has 1 heterocycles. The topological polar surface area (TPSA) is 33.3 Å². The Morgan fingerprint density at radius 2 is 2.00 bits per heavy atom. The van der Waals surface area contributed by atoms with Gasteiger partial charge in [0, 0.05) is 19.7 Å². The van der Waals surface area contributed by atoms with E-state index >= 15 is 0 Å². The summed E-state index contributed by atoms with van der Waals surface area (Å²) in [5.74, 6) is 0.747. The van der Waals surface area contributed by atoms with Gasteiger partial charge in [-0.05, 0) is 38.3 Å². The first-order valence-corrected chi connectivity index (χ1v) is 6.32. The van der Waals surface area contributed by atoms with Crippen LogP contribution in [0.5, 0.6) is 0 Å². The van der Waals surface area contributed by atoms with Crippen molar-refractivity contribution < 1.29 is 4.74 Å². The van der Waals surface area contributed by atoms with Gasteiger partial charge in [0.05, 0.1) is 6.10 Å². The fraction of sp³-hybridized carbons (Fsp3) is 1.00. The quantitative estimate of drug-likeness (QED) is 0.599. The Balaban J connectivity index is 1.76. The van der Waals surface area contributed by atoms with Crippen molar-refractivity contribution in [1.29, 1.82) is 0 Å². The molecule has 0 spiro atoms. The van der Waals surface area contributed by atoms with Gasteiger partial charge >= 0.3 is 0 Å². The number of hydrogen-bond acceptors (Lipinski definition) is 3. The van der Waals surface area contributed by atoms with Crippen LogP contribution < -0.4 is 10.6 Å². The summed E-state index contributed by atoms with van der Waals surface area (Å²) < 4.78 is 5.56. The van der Waals surface area contributed by atoms with E-state index in [-0.39, 0.29) is 0 Å². The lowest BCUT2D eigenvalue weighted by Gasteiger charge is -2.11. The van der Waals surface area contributed by atoms with Crippen LogP contribution in [0.3, 0.4) is 0 Å². The van der Waals surface area contributed by atoms with Crippen LogP contribution in [0.1, 0.15) is 33.1 Å². The molecule has 1 rings (SSSR count). The molecule has 1 saturated heterocycles. The summed E-state index contributed by atoms with van der Waals surface area (Å²) in [5.41, 5.74) is 0. The third-order valence-electron chi connectivity index (χ3n) is 2.70. The molecule has 1 aliphatic heterocycles. The molecule has 0 aromatic carbocycles. The molecule has 3 heteroatoms. The van der Waals surface area contributed by atoms with Gasteiger partial charge in [-0.25, -0.2) is 0 Å². The van der Waals surface area contributed by atoms with Crippen LogP contribution in [0.15, 0.2) is 0 Å². The van der Waals surface area contributed by atoms with Crippen LogP contribution >= 0.6 is 0 Å². The maximum Gasteiger partial charge on any atom is 0.0588 e. The van der Waals surface area contributed by atoms with Gasteiger partial charge in [0.2, 0.25) is 0 Å². The van der Waals surface area contributed by atoms with Gasteiger partial charge in [-0.15, -0.1) is 0 Å². The van der Waals surface area contributed by atoms with E-state index in [4.69, 9.17) is 4.74 Å². The highest BCUT2D eigenvalue weighted by molar-refractivity contribution is 4.66. The predicted octanol–water partition coefficient (Wildman–Crippen LogP) is 1.39. The van der Waals surface area contributed by atoms with Crippen molar-refractivity contribution in [2.75, 3.05) is 32.8 Å². The summed E-state index contributed by atoms with van der Waals surface area (Å²) in [6, 6.07) is 0. The third kappa shape index (κ3) is 6.88. The summed E-state index contributed by atoms with van der Waals surface area (Å²) in [4.78, 5) is 0. The number of hydrogen-bond donors (Lipinski definition) is 2. The molecular formula is C12H26N2O. The summed E-state index contributed by atoms with van der Waals surface area (Å²) >= 11 is 0. The lowest BCUT2D eigenvalue weighted by atomic mass is 10.2. The molecular weight excluding hydrogens is 188 g/mol. The Morgan fingerprint density at radius 1 is 1.20 bits per heavy atom. The van der Waals surface area contributed by atoms with E-state index in [0.29, 0.717) is 6.10 Å². The number of ether oxygens (including phenoxy) is 1. The molecule has 0 bridgehead atoms. The first-order valence-electron chi connectivity index (χ1n) is 6.32. The van der Waals surface area contributed by atoms with E-state index in [9.17, 15) is 0 Å². The molecule has 1 aliphatic rings. The van der Waals surface area contributed by atoms with Crippen molar-refractivity contribution >= 4 is 0 Å². The fourth-order valence-corrected chi connectivity index (χ4v) is 1.83. The molecule has 3 nitrogen and oxygen atoms in total. The first-order chi connectivity index (χ1) is 7.29. The molecule has 0 amide bonds. The van der Waals surface area contributed by atoms with Crippen molar-refractivity contribution in [3.63, 3.8) is 0 Å². The van der Waals surface area contributed by atoms with Crippen LogP contribution in [0.25, 0.3) is 0 Å². The first kappa shape index (κ1) is 12.9. The SMILES string of the molecule is CC(C)CNCCNCCC1CCCO1. The van der Waals surface area contributed by atoms with Gasteiger partial charge in [-0.3, -0.25) is 0 Å². The summed E-state index contributed by atoms with van der Waals surface area (Å²) in [7, 11) is 0.